The van der Waals surface area contributed by atoms with Gasteiger partial charge in [0.2, 0.25) is 0 Å². The highest BCUT2D eigenvalue weighted by molar-refractivity contribution is 7.15. The van der Waals surface area contributed by atoms with Crippen molar-refractivity contribution in [3.8, 4) is 28.5 Å². The summed E-state index contributed by atoms with van der Waals surface area (Å²) in [6, 6.07) is 15.3. The molecule has 3 rings (SSSR count). The monoisotopic (exact) mass is 356 g/mol. The summed E-state index contributed by atoms with van der Waals surface area (Å²) in [6.45, 7) is 2.95. The van der Waals surface area contributed by atoms with Crippen LogP contribution >= 0.6 is 11.3 Å². The molecule has 0 fully saturated rings. The summed E-state index contributed by atoms with van der Waals surface area (Å²) in [4.78, 5) is 5.47. The molecule has 130 valence electrons. The highest BCUT2D eigenvalue weighted by Gasteiger charge is 2.08. The molecule has 0 unspecified atom stereocenters. The SMILES string of the molecule is COc1ccc(OCCOc2ccc(-c3nc(N)sc3C)cc2)cc1. The highest BCUT2D eigenvalue weighted by Crippen LogP contribution is 2.29. The Bertz CT molecular complexity index is 814. The molecule has 3 aromatic rings. The van der Waals surface area contributed by atoms with Crippen LogP contribution in [0.2, 0.25) is 0 Å². The summed E-state index contributed by atoms with van der Waals surface area (Å²) < 4.78 is 16.5. The first kappa shape index (κ1) is 17.1. The molecule has 5 nitrogen and oxygen atoms in total. The molecule has 0 bridgehead atoms. The zero-order chi connectivity index (χ0) is 17.6. The third-order valence-electron chi connectivity index (χ3n) is 3.62. The molecule has 2 N–H and O–H groups in total. The smallest absolute Gasteiger partial charge is 0.180 e. The van der Waals surface area contributed by atoms with Crippen molar-refractivity contribution in [3.63, 3.8) is 0 Å². The maximum Gasteiger partial charge on any atom is 0.180 e. The van der Waals surface area contributed by atoms with Gasteiger partial charge in [-0.25, -0.2) is 4.98 Å². The summed E-state index contributed by atoms with van der Waals surface area (Å²) in [5.74, 6) is 2.39. The van der Waals surface area contributed by atoms with Crippen molar-refractivity contribution in [3.05, 3.63) is 53.4 Å². The minimum absolute atomic E-state index is 0.466. The standard InChI is InChI=1S/C19H20N2O3S/c1-13-18(21-19(20)25-13)14-3-5-16(6-4-14)23-11-12-24-17-9-7-15(22-2)8-10-17/h3-10H,11-12H2,1-2H3,(H2,20,21). The van der Waals surface area contributed by atoms with Gasteiger partial charge < -0.3 is 19.9 Å². The molecule has 25 heavy (non-hydrogen) atoms. The van der Waals surface area contributed by atoms with Crippen LogP contribution in [0.25, 0.3) is 11.3 Å². The average molecular weight is 356 g/mol. The normalized spacial score (nSPS) is 10.5. The van der Waals surface area contributed by atoms with Gasteiger partial charge in [0.1, 0.15) is 30.5 Å². The van der Waals surface area contributed by atoms with Crippen molar-refractivity contribution < 1.29 is 14.2 Å². The van der Waals surface area contributed by atoms with Crippen molar-refractivity contribution in [2.75, 3.05) is 26.1 Å². The van der Waals surface area contributed by atoms with Crippen molar-refractivity contribution >= 4 is 16.5 Å². The number of hydrogen-bond acceptors (Lipinski definition) is 6. The number of nitrogens with two attached hydrogens (primary N) is 1. The molecule has 1 heterocycles. The van der Waals surface area contributed by atoms with Gasteiger partial charge in [0, 0.05) is 10.4 Å². The van der Waals surface area contributed by atoms with Gasteiger partial charge in [-0.3, -0.25) is 0 Å². The molecule has 0 saturated heterocycles. The lowest BCUT2D eigenvalue weighted by atomic mass is 10.1. The van der Waals surface area contributed by atoms with Gasteiger partial charge in [0.25, 0.3) is 0 Å². The van der Waals surface area contributed by atoms with E-state index in [1.54, 1.807) is 7.11 Å². The Morgan fingerprint density at radius 1 is 0.880 bits per heavy atom. The largest absolute Gasteiger partial charge is 0.497 e. The second-order valence-corrected chi connectivity index (χ2v) is 6.59. The van der Waals surface area contributed by atoms with Gasteiger partial charge >= 0.3 is 0 Å². The minimum Gasteiger partial charge on any atom is -0.497 e. The number of nitrogens with zero attached hydrogens (tertiary/aromatic N) is 1. The number of ether oxygens (including phenoxy) is 3. The highest BCUT2D eigenvalue weighted by atomic mass is 32.1. The van der Waals surface area contributed by atoms with Crippen LogP contribution in [0.5, 0.6) is 17.2 Å². The number of hydrogen-bond donors (Lipinski definition) is 1. The van der Waals surface area contributed by atoms with Crippen molar-refractivity contribution in [2.24, 2.45) is 0 Å². The van der Waals surface area contributed by atoms with E-state index in [1.165, 1.54) is 11.3 Å². The third kappa shape index (κ3) is 4.42. The molecule has 0 aliphatic heterocycles. The number of thiazole rings is 1. The van der Waals surface area contributed by atoms with Crippen LogP contribution in [0.4, 0.5) is 5.13 Å². The molecule has 0 aliphatic rings. The Hall–Kier alpha value is -2.73. The van der Waals surface area contributed by atoms with E-state index in [1.807, 2.05) is 55.5 Å². The number of nitrogen functional groups attached to an aromatic ring is 1. The van der Waals surface area contributed by atoms with Gasteiger partial charge in [-0.05, 0) is 55.5 Å². The van der Waals surface area contributed by atoms with E-state index in [0.717, 1.165) is 33.4 Å². The quantitative estimate of drug-likeness (QED) is 0.644. The Morgan fingerprint density at radius 3 is 1.88 bits per heavy atom. The summed E-state index contributed by atoms with van der Waals surface area (Å²) in [5, 5.41) is 0.587. The first-order chi connectivity index (χ1) is 12.2. The van der Waals surface area contributed by atoms with Crippen LogP contribution < -0.4 is 19.9 Å². The Kier molecular flexibility index (Phi) is 5.40. The van der Waals surface area contributed by atoms with Crippen molar-refractivity contribution in [2.45, 2.75) is 6.92 Å². The summed E-state index contributed by atoms with van der Waals surface area (Å²) >= 11 is 1.50. The molecule has 1 aromatic heterocycles. The van der Waals surface area contributed by atoms with Crippen molar-refractivity contribution in [1.29, 1.82) is 0 Å². The molecular weight excluding hydrogens is 336 g/mol. The average Bonchev–Trinajstić information content (AvgIpc) is 2.98. The summed E-state index contributed by atoms with van der Waals surface area (Å²) in [5.41, 5.74) is 7.72. The summed E-state index contributed by atoms with van der Waals surface area (Å²) in [6.07, 6.45) is 0. The molecule has 2 aromatic carbocycles. The molecule has 0 saturated carbocycles. The lowest BCUT2D eigenvalue weighted by Crippen LogP contribution is -2.08. The first-order valence-corrected chi connectivity index (χ1v) is 8.70. The molecule has 0 amide bonds. The molecular formula is C19H20N2O3S. The number of rotatable bonds is 7. The second kappa shape index (κ2) is 7.90. The maximum atomic E-state index is 5.75. The van der Waals surface area contributed by atoms with Crippen LogP contribution in [-0.2, 0) is 0 Å². The second-order valence-electron chi connectivity index (χ2n) is 5.35. The Labute approximate surface area is 151 Å². The van der Waals surface area contributed by atoms with Crippen LogP contribution in [-0.4, -0.2) is 25.3 Å². The van der Waals surface area contributed by atoms with Gasteiger partial charge in [0.15, 0.2) is 5.13 Å². The fourth-order valence-electron chi connectivity index (χ4n) is 2.38. The summed E-state index contributed by atoms with van der Waals surface area (Å²) in [7, 11) is 1.64. The van der Waals surface area contributed by atoms with E-state index in [9.17, 15) is 0 Å². The fraction of sp³-hybridized carbons (Fsp3) is 0.211. The topological polar surface area (TPSA) is 66.6 Å². The van der Waals surface area contributed by atoms with Gasteiger partial charge in [-0.1, -0.05) is 0 Å². The third-order valence-corrected chi connectivity index (χ3v) is 4.42. The number of anilines is 1. The molecule has 0 atom stereocenters. The molecule has 0 spiro atoms. The van der Waals surface area contributed by atoms with E-state index in [-0.39, 0.29) is 0 Å². The van der Waals surface area contributed by atoms with E-state index >= 15 is 0 Å². The van der Waals surface area contributed by atoms with Gasteiger partial charge in [-0.15, -0.1) is 11.3 Å². The predicted molar refractivity (Wildman–Crippen MR) is 101 cm³/mol. The predicted octanol–water partition coefficient (Wildman–Crippen LogP) is 4.17. The Balaban J connectivity index is 1.49. The number of aromatic nitrogens is 1. The van der Waals surface area contributed by atoms with Crippen LogP contribution in [0, 0.1) is 6.92 Å². The van der Waals surface area contributed by atoms with Crippen LogP contribution in [0.3, 0.4) is 0 Å². The van der Waals surface area contributed by atoms with E-state index in [2.05, 4.69) is 4.98 Å². The fourth-order valence-corrected chi connectivity index (χ4v) is 3.10. The van der Waals surface area contributed by atoms with Crippen LogP contribution in [0.1, 0.15) is 4.88 Å². The lowest BCUT2D eigenvalue weighted by molar-refractivity contribution is 0.217. The zero-order valence-corrected chi connectivity index (χ0v) is 15.0. The zero-order valence-electron chi connectivity index (χ0n) is 14.2. The van der Waals surface area contributed by atoms with E-state index < -0.39 is 0 Å². The molecule has 0 aliphatic carbocycles. The van der Waals surface area contributed by atoms with E-state index in [4.69, 9.17) is 19.9 Å². The number of benzene rings is 2. The van der Waals surface area contributed by atoms with E-state index in [0.29, 0.717) is 18.3 Å². The van der Waals surface area contributed by atoms with Crippen molar-refractivity contribution in [1.82, 2.24) is 4.98 Å². The number of methoxy groups -OCH3 is 1. The first-order valence-electron chi connectivity index (χ1n) is 7.88. The maximum absolute atomic E-state index is 5.75. The minimum atomic E-state index is 0.466. The Morgan fingerprint density at radius 2 is 1.40 bits per heavy atom. The number of aryl methyl sites for hydroxylation is 1. The van der Waals surface area contributed by atoms with Crippen LogP contribution in [0.15, 0.2) is 48.5 Å². The van der Waals surface area contributed by atoms with Gasteiger partial charge in [-0.2, -0.15) is 0 Å². The molecule has 0 radical (unpaired) electrons. The molecule has 6 heteroatoms. The van der Waals surface area contributed by atoms with Gasteiger partial charge in [0.05, 0.1) is 12.8 Å². The lowest BCUT2D eigenvalue weighted by Gasteiger charge is -2.09.